The first kappa shape index (κ1) is 14.2. The van der Waals surface area contributed by atoms with Gasteiger partial charge in [0.2, 0.25) is 0 Å². The highest BCUT2D eigenvalue weighted by atomic mass is 16.1. The molecule has 1 heterocycles. The minimum absolute atomic E-state index is 0.813. The highest BCUT2D eigenvalue weighted by Crippen LogP contribution is 2.29. The Morgan fingerprint density at radius 2 is 2.25 bits per heavy atom. The predicted octanol–water partition coefficient (Wildman–Crippen LogP) is 4.28. The van der Waals surface area contributed by atoms with Crippen LogP contribution in [0.5, 0.6) is 0 Å². The Bertz CT molecular complexity index is 577. The van der Waals surface area contributed by atoms with Gasteiger partial charge in [-0.1, -0.05) is 30.4 Å². The molecule has 20 heavy (non-hydrogen) atoms. The number of hydrogen-bond acceptors (Lipinski definition) is 2. The molecule has 1 aromatic heterocycles. The van der Waals surface area contributed by atoms with Crippen molar-refractivity contribution in [2.75, 3.05) is 0 Å². The maximum absolute atomic E-state index is 10.3. The van der Waals surface area contributed by atoms with Crippen molar-refractivity contribution in [2.45, 2.75) is 26.2 Å². The van der Waals surface area contributed by atoms with Crippen LogP contribution in [-0.4, -0.2) is 11.3 Å². The molecule has 0 fully saturated rings. The standard InChI is InChI=1S/C18H19NO/c1-15(10-12-20)5-2-6-16-7-3-8-17(13-16)18-9-4-11-19-14-18/h2,4-6,9-14H,3,7-8H2,1H3/b5-2+,15-10+,16-6-. The molecule has 0 radical (unpaired) electrons. The van der Waals surface area contributed by atoms with Gasteiger partial charge >= 0.3 is 0 Å². The molecule has 0 atom stereocenters. The molecule has 0 aliphatic heterocycles. The Morgan fingerprint density at radius 1 is 1.35 bits per heavy atom. The fraction of sp³-hybridized carbons (Fsp3) is 0.222. The molecule has 1 aromatic rings. The third-order valence-electron chi connectivity index (χ3n) is 3.30. The maximum Gasteiger partial charge on any atom is 0.143 e. The Labute approximate surface area is 120 Å². The molecule has 2 heteroatoms. The molecule has 0 bridgehead atoms. The number of aldehydes is 1. The summed E-state index contributed by atoms with van der Waals surface area (Å²) in [5, 5.41) is 0. The summed E-state index contributed by atoms with van der Waals surface area (Å²) >= 11 is 0. The summed E-state index contributed by atoms with van der Waals surface area (Å²) in [7, 11) is 0. The number of pyridine rings is 1. The Kier molecular flexibility index (Phi) is 5.24. The van der Waals surface area contributed by atoms with Crippen LogP contribution in [0.4, 0.5) is 0 Å². The summed E-state index contributed by atoms with van der Waals surface area (Å²) in [4.78, 5) is 14.5. The minimum Gasteiger partial charge on any atom is -0.299 e. The first-order valence-electron chi connectivity index (χ1n) is 6.90. The smallest absolute Gasteiger partial charge is 0.143 e. The van der Waals surface area contributed by atoms with E-state index in [1.165, 1.54) is 23.1 Å². The van der Waals surface area contributed by atoms with E-state index < -0.39 is 0 Å². The number of nitrogens with zero attached hydrogens (tertiary/aromatic N) is 1. The lowest BCUT2D eigenvalue weighted by molar-refractivity contribution is -0.104. The topological polar surface area (TPSA) is 30.0 Å². The first-order valence-corrected chi connectivity index (χ1v) is 6.90. The highest BCUT2D eigenvalue weighted by Gasteiger charge is 2.08. The van der Waals surface area contributed by atoms with Gasteiger partial charge in [0.05, 0.1) is 0 Å². The Morgan fingerprint density at radius 3 is 3.00 bits per heavy atom. The largest absolute Gasteiger partial charge is 0.299 e. The van der Waals surface area contributed by atoms with Crippen molar-refractivity contribution in [1.82, 2.24) is 4.98 Å². The third kappa shape index (κ3) is 4.16. The number of carbonyl (C=O) groups is 1. The SMILES string of the molecule is CC(/C=C/C=C1\C=C(c2cccnc2)CCC1)=C\C=O. The second-order valence-corrected chi connectivity index (χ2v) is 4.91. The summed E-state index contributed by atoms with van der Waals surface area (Å²) in [6, 6.07) is 4.08. The van der Waals surface area contributed by atoms with Gasteiger partial charge in [0, 0.05) is 12.4 Å². The van der Waals surface area contributed by atoms with Crippen LogP contribution in [0.15, 0.2) is 66.1 Å². The molecule has 2 nitrogen and oxygen atoms in total. The molecule has 1 aliphatic carbocycles. The minimum atomic E-state index is 0.813. The molecule has 0 spiro atoms. The van der Waals surface area contributed by atoms with Gasteiger partial charge in [-0.05, 0) is 60.6 Å². The zero-order valence-electron chi connectivity index (χ0n) is 11.8. The maximum atomic E-state index is 10.3. The van der Waals surface area contributed by atoms with Gasteiger partial charge in [-0.25, -0.2) is 0 Å². The average molecular weight is 265 g/mol. The molecular weight excluding hydrogens is 246 g/mol. The van der Waals surface area contributed by atoms with Gasteiger partial charge in [0.25, 0.3) is 0 Å². The summed E-state index contributed by atoms with van der Waals surface area (Å²) < 4.78 is 0. The van der Waals surface area contributed by atoms with Crippen LogP contribution in [0, 0.1) is 0 Å². The molecule has 0 unspecified atom stereocenters. The number of allylic oxidation sites excluding steroid dienone is 8. The van der Waals surface area contributed by atoms with Crippen LogP contribution in [0.3, 0.4) is 0 Å². The number of aromatic nitrogens is 1. The predicted molar refractivity (Wildman–Crippen MR) is 83.1 cm³/mol. The van der Waals surface area contributed by atoms with Gasteiger partial charge in [-0.3, -0.25) is 9.78 Å². The normalized spacial score (nSPS) is 18.4. The second-order valence-electron chi connectivity index (χ2n) is 4.91. The Balaban J connectivity index is 2.13. The van der Waals surface area contributed by atoms with Crippen molar-refractivity contribution in [1.29, 1.82) is 0 Å². The lowest BCUT2D eigenvalue weighted by Crippen LogP contribution is -1.94. The van der Waals surface area contributed by atoms with E-state index in [0.29, 0.717) is 0 Å². The van der Waals surface area contributed by atoms with Crippen molar-refractivity contribution in [3.63, 3.8) is 0 Å². The average Bonchev–Trinajstić information content (AvgIpc) is 2.49. The lowest BCUT2D eigenvalue weighted by atomic mass is 9.91. The fourth-order valence-electron chi connectivity index (χ4n) is 2.25. The van der Waals surface area contributed by atoms with Crippen LogP contribution < -0.4 is 0 Å². The highest BCUT2D eigenvalue weighted by molar-refractivity contribution is 5.69. The van der Waals surface area contributed by atoms with Crippen LogP contribution in [0.2, 0.25) is 0 Å². The molecule has 0 saturated heterocycles. The van der Waals surface area contributed by atoms with Crippen molar-refractivity contribution in [3.8, 4) is 0 Å². The lowest BCUT2D eigenvalue weighted by Gasteiger charge is -2.14. The summed E-state index contributed by atoms with van der Waals surface area (Å²) in [6.07, 6.45) is 17.8. The number of hydrogen-bond donors (Lipinski definition) is 0. The first-order chi connectivity index (χ1) is 9.79. The van der Waals surface area contributed by atoms with E-state index in [1.807, 2.05) is 31.3 Å². The van der Waals surface area contributed by atoms with E-state index in [1.54, 1.807) is 12.3 Å². The van der Waals surface area contributed by atoms with Crippen molar-refractivity contribution < 1.29 is 4.79 Å². The molecular formula is C18H19NO. The van der Waals surface area contributed by atoms with Gasteiger partial charge < -0.3 is 0 Å². The monoisotopic (exact) mass is 265 g/mol. The van der Waals surface area contributed by atoms with E-state index in [4.69, 9.17) is 0 Å². The van der Waals surface area contributed by atoms with E-state index in [9.17, 15) is 4.79 Å². The summed E-state index contributed by atoms with van der Waals surface area (Å²) in [6.45, 7) is 1.92. The summed E-state index contributed by atoms with van der Waals surface area (Å²) in [5.41, 5.74) is 4.85. The molecule has 0 N–H and O–H groups in total. The number of carbonyl (C=O) groups excluding carboxylic acids is 1. The van der Waals surface area contributed by atoms with E-state index in [-0.39, 0.29) is 0 Å². The molecule has 2 rings (SSSR count). The van der Waals surface area contributed by atoms with Crippen LogP contribution in [0.25, 0.3) is 5.57 Å². The van der Waals surface area contributed by atoms with E-state index in [0.717, 1.165) is 24.7 Å². The summed E-state index contributed by atoms with van der Waals surface area (Å²) in [5.74, 6) is 0. The fourth-order valence-corrected chi connectivity index (χ4v) is 2.25. The van der Waals surface area contributed by atoms with Gasteiger partial charge in [0.1, 0.15) is 6.29 Å². The molecule has 0 aromatic carbocycles. The van der Waals surface area contributed by atoms with Crippen molar-refractivity contribution in [3.05, 3.63) is 71.6 Å². The molecule has 1 aliphatic rings. The molecule has 0 saturated carbocycles. The molecule has 0 amide bonds. The number of rotatable bonds is 4. The van der Waals surface area contributed by atoms with E-state index in [2.05, 4.69) is 23.2 Å². The van der Waals surface area contributed by atoms with E-state index >= 15 is 0 Å². The quantitative estimate of drug-likeness (QED) is 0.462. The zero-order valence-corrected chi connectivity index (χ0v) is 11.8. The van der Waals surface area contributed by atoms with Crippen LogP contribution in [-0.2, 0) is 4.79 Å². The van der Waals surface area contributed by atoms with Crippen molar-refractivity contribution >= 4 is 11.9 Å². The van der Waals surface area contributed by atoms with Gasteiger partial charge in [0.15, 0.2) is 0 Å². The van der Waals surface area contributed by atoms with Crippen LogP contribution >= 0.6 is 0 Å². The van der Waals surface area contributed by atoms with Crippen LogP contribution in [0.1, 0.15) is 31.7 Å². The third-order valence-corrected chi connectivity index (χ3v) is 3.30. The zero-order chi connectivity index (χ0) is 14.2. The van der Waals surface area contributed by atoms with Gasteiger partial charge in [-0.2, -0.15) is 0 Å². The van der Waals surface area contributed by atoms with Gasteiger partial charge in [-0.15, -0.1) is 0 Å². The molecule has 102 valence electrons. The Hall–Kier alpha value is -2.22. The second kappa shape index (κ2) is 7.39. The van der Waals surface area contributed by atoms with Crippen molar-refractivity contribution in [2.24, 2.45) is 0 Å².